The molecular formula is C20H39N3O5. The van der Waals surface area contributed by atoms with Gasteiger partial charge in [-0.25, -0.2) is 0 Å². The van der Waals surface area contributed by atoms with Crippen LogP contribution in [0.5, 0.6) is 0 Å². The van der Waals surface area contributed by atoms with Gasteiger partial charge >= 0.3 is 0 Å². The molecule has 0 aromatic carbocycles. The number of nitrogens with one attached hydrogen (secondary N) is 2. The van der Waals surface area contributed by atoms with Crippen LogP contribution in [-0.4, -0.2) is 78.3 Å². The Morgan fingerprint density at radius 1 is 0.857 bits per heavy atom. The molecule has 0 atom stereocenters. The van der Waals surface area contributed by atoms with Gasteiger partial charge in [-0.15, -0.1) is 0 Å². The predicted molar refractivity (Wildman–Crippen MR) is 111 cm³/mol. The van der Waals surface area contributed by atoms with E-state index < -0.39 is 0 Å². The summed E-state index contributed by atoms with van der Waals surface area (Å²) < 4.78 is 17.5. The standard InChI is InChI=1S/C20H39N3O5/c1-6-10-20(14-26-11-7-17(2)21-3,15-27-12-8-18(24)22-4)16-28-13-9-19(25)23-5/h6-16H2,1-5H3,(H,22,24)(H,23,25). The smallest absolute Gasteiger partial charge is 0.222 e. The van der Waals surface area contributed by atoms with E-state index >= 15 is 0 Å². The quantitative estimate of drug-likeness (QED) is 0.285. The molecule has 0 saturated carbocycles. The Hall–Kier alpha value is -1.51. The minimum atomic E-state index is -0.308. The molecule has 0 rings (SSSR count). The highest BCUT2D eigenvalue weighted by Gasteiger charge is 2.31. The number of amides is 2. The molecule has 0 fully saturated rings. The molecule has 28 heavy (non-hydrogen) atoms. The number of hydrogen-bond donors (Lipinski definition) is 2. The van der Waals surface area contributed by atoms with Crippen LogP contribution in [0.1, 0.15) is 46.0 Å². The lowest BCUT2D eigenvalue weighted by Crippen LogP contribution is -2.38. The van der Waals surface area contributed by atoms with Gasteiger partial charge in [-0.3, -0.25) is 14.6 Å². The number of hydrogen-bond acceptors (Lipinski definition) is 6. The van der Waals surface area contributed by atoms with E-state index in [1.807, 2.05) is 6.92 Å². The average molecular weight is 402 g/mol. The monoisotopic (exact) mass is 401 g/mol. The highest BCUT2D eigenvalue weighted by molar-refractivity contribution is 5.81. The van der Waals surface area contributed by atoms with Gasteiger partial charge in [0.1, 0.15) is 0 Å². The number of carbonyl (C=O) groups is 2. The van der Waals surface area contributed by atoms with E-state index in [0.717, 1.165) is 25.0 Å². The van der Waals surface area contributed by atoms with Crippen LogP contribution in [0.15, 0.2) is 4.99 Å². The van der Waals surface area contributed by atoms with E-state index in [-0.39, 0.29) is 17.2 Å². The SMILES string of the molecule is CCCC(COCCC(=O)NC)(COCCC(=O)NC)COCCC(C)=NC. The highest BCUT2D eigenvalue weighted by Crippen LogP contribution is 2.26. The van der Waals surface area contributed by atoms with Crippen molar-refractivity contribution in [1.29, 1.82) is 0 Å². The molecule has 2 N–H and O–H groups in total. The molecule has 164 valence electrons. The average Bonchev–Trinajstić information content (AvgIpc) is 2.71. The summed E-state index contributed by atoms with van der Waals surface area (Å²) in [6.07, 6.45) is 3.25. The van der Waals surface area contributed by atoms with Crippen molar-refractivity contribution in [3.05, 3.63) is 0 Å². The van der Waals surface area contributed by atoms with Gasteiger partial charge in [0, 0.05) is 51.5 Å². The Labute approximate surface area is 169 Å². The van der Waals surface area contributed by atoms with Crippen molar-refractivity contribution in [3.63, 3.8) is 0 Å². The number of ether oxygens (including phenoxy) is 3. The summed E-state index contributed by atoms with van der Waals surface area (Å²) >= 11 is 0. The topological polar surface area (TPSA) is 98.2 Å². The molecule has 0 aliphatic rings. The van der Waals surface area contributed by atoms with Crippen molar-refractivity contribution in [2.75, 3.05) is 60.8 Å². The number of carbonyl (C=O) groups excluding carboxylic acids is 2. The van der Waals surface area contributed by atoms with Gasteiger partial charge in [0.15, 0.2) is 0 Å². The molecule has 0 aromatic rings. The first-order valence-corrected chi connectivity index (χ1v) is 9.99. The van der Waals surface area contributed by atoms with E-state index in [1.165, 1.54) is 0 Å². The normalized spacial score (nSPS) is 12.1. The third kappa shape index (κ3) is 12.8. The van der Waals surface area contributed by atoms with E-state index in [2.05, 4.69) is 22.5 Å². The van der Waals surface area contributed by atoms with E-state index in [1.54, 1.807) is 21.1 Å². The minimum Gasteiger partial charge on any atom is -0.380 e. The van der Waals surface area contributed by atoms with E-state index in [0.29, 0.717) is 52.5 Å². The van der Waals surface area contributed by atoms with Gasteiger partial charge in [0.25, 0.3) is 0 Å². The molecule has 0 unspecified atom stereocenters. The first-order chi connectivity index (χ1) is 13.4. The van der Waals surface area contributed by atoms with Crippen molar-refractivity contribution in [1.82, 2.24) is 10.6 Å². The van der Waals surface area contributed by atoms with Gasteiger partial charge in [-0.1, -0.05) is 13.3 Å². The Kier molecular flexibility index (Phi) is 15.6. The second-order valence-electron chi connectivity index (χ2n) is 6.96. The largest absolute Gasteiger partial charge is 0.380 e. The van der Waals surface area contributed by atoms with Crippen molar-refractivity contribution in [3.8, 4) is 0 Å². The molecule has 0 spiro atoms. The van der Waals surface area contributed by atoms with Crippen LogP contribution in [0.25, 0.3) is 0 Å². The van der Waals surface area contributed by atoms with Gasteiger partial charge in [0.05, 0.1) is 39.6 Å². The van der Waals surface area contributed by atoms with Crippen molar-refractivity contribution < 1.29 is 23.8 Å². The molecule has 8 nitrogen and oxygen atoms in total. The third-order valence-electron chi connectivity index (χ3n) is 4.50. The second-order valence-corrected chi connectivity index (χ2v) is 6.96. The fraction of sp³-hybridized carbons (Fsp3) is 0.850. The molecule has 0 heterocycles. The summed E-state index contributed by atoms with van der Waals surface area (Å²) in [6, 6.07) is 0. The molecule has 2 amide bonds. The zero-order chi connectivity index (χ0) is 21.3. The maximum Gasteiger partial charge on any atom is 0.222 e. The minimum absolute atomic E-state index is 0.0477. The summed E-state index contributed by atoms with van der Waals surface area (Å²) in [7, 11) is 5.00. The zero-order valence-electron chi connectivity index (χ0n) is 18.3. The van der Waals surface area contributed by atoms with Gasteiger partial charge in [-0.2, -0.15) is 0 Å². The molecule has 8 heteroatoms. The lowest BCUT2D eigenvalue weighted by Gasteiger charge is -2.33. The molecule has 0 aliphatic heterocycles. The Bertz CT molecular complexity index is 445. The lowest BCUT2D eigenvalue weighted by molar-refractivity contribution is -0.123. The van der Waals surface area contributed by atoms with Crippen LogP contribution in [0, 0.1) is 5.41 Å². The zero-order valence-corrected chi connectivity index (χ0v) is 18.3. The molecule has 0 aliphatic carbocycles. The fourth-order valence-electron chi connectivity index (χ4n) is 2.65. The summed E-state index contributed by atoms with van der Waals surface area (Å²) in [4.78, 5) is 26.9. The van der Waals surface area contributed by atoms with Crippen LogP contribution in [0.2, 0.25) is 0 Å². The van der Waals surface area contributed by atoms with Crippen molar-refractivity contribution >= 4 is 17.5 Å². The first-order valence-electron chi connectivity index (χ1n) is 9.99. The molecule has 0 saturated heterocycles. The molecule has 0 radical (unpaired) electrons. The summed E-state index contributed by atoms with van der Waals surface area (Å²) in [6.45, 7) is 6.76. The van der Waals surface area contributed by atoms with E-state index in [9.17, 15) is 9.59 Å². The van der Waals surface area contributed by atoms with Crippen LogP contribution in [0.4, 0.5) is 0 Å². The predicted octanol–water partition coefficient (Wildman–Crippen LogP) is 1.58. The van der Waals surface area contributed by atoms with Crippen molar-refractivity contribution in [2.45, 2.75) is 46.0 Å². The Balaban J connectivity index is 4.72. The second kappa shape index (κ2) is 16.4. The Morgan fingerprint density at radius 3 is 1.64 bits per heavy atom. The number of rotatable bonds is 17. The molecular weight excluding hydrogens is 362 g/mol. The summed E-state index contributed by atoms with van der Waals surface area (Å²) in [5.41, 5.74) is 0.738. The van der Waals surface area contributed by atoms with E-state index in [4.69, 9.17) is 14.2 Å². The summed E-state index contributed by atoms with van der Waals surface area (Å²) in [5.74, 6) is -0.0954. The lowest BCUT2D eigenvalue weighted by atomic mass is 9.86. The van der Waals surface area contributed by atoms with Gasteiger partial charge < -0.3 is 24.8 Å². The van der Waals surface area contributed by atoms with Crippen molar-refractivity contribution in [2.24, 2.45) is 10.4 Å². The Morgan fingerprint density at radius 2 is 1.29 bits per heavy atom. The van der Waals surface area contributed by atoms with Gasteiger partial charge in [-0.05, 0) is 13.3 Å². The summed E-state index contributed by atoms with van der Waals surface area (Å²) in [5, 5.41) is 5.17. The first kappa shape index (κ1) is 26.5. The maximum absolute atomic E-state index is 11.4. The van der Waals surface area contributed by atoms with Gasteiger partial charge in [0.2, 0.25) is 11.8 Å². The van der Waals surface area contributed by atoms with Crippen LogP contribution in [-0.2, 0) is 23.8 Å². The maximum atomic E-state index is 11.4. The number of aliphatic imine (C=N–C) groups is 1. The third-order valence-corrected chi connectivity index (χ3v) is 4.50. The van der Waals surface area contributed by atoms with Crippen LogP contribution < -0.4 is 10.6 Å². The van der Waals surface area contributed by atoms with Crippen LogP contribution in [0.3, 0.4) is 0 Å². The fourth-order valence-corrected chi connectivity index (χ4v) is 2.65. The highest BCUT2D eigenvalue weighted by atomic mass is 16.5. The molecule has 0 bridgehead atoms. The molecule has 0 aromatic heterocycles. The van der Waals surface area contributed by atoms with Crippen LogP contribution >= 0.6 is 0 Å². The number of nitrogens with zero attached hydrogens (tertiary/aromatic N) is 1.